The Bertz CT molecular complexity index is 906. The molecule has 0 saturated heterocycles. The summed E-state index contributed by atoms with van der Waals surface area (Å²) in [6.45, 7) is 1.11. The van der Waals surface area contributed by atoms with Gasteiger partial charge >= 0.3 is 0 Å². The molecule has 3 aromatic rings. The van der Waals surface area contributed by atoms with Crippen LogP contribution in [0.5, 0.6) is 11.5 Å². The van der Waals surface area contributed by atoms with E-state index in [-0.39, 0.29) is 11.9 Å². The molecule has 4 rings (SSSR count). The summed E-state index contributed by atoms with van der Waals surface area (Å²) in [4.78, 5) is 12.6. The number of benzene rings is 3. The second-order valence-corrected chi connectivity index (χ2v) is 6.50. The highest BCUT2D eigenvalue weighted by atomic mass is 16.5. The third-order valence-electron chi connectivity index (χ3n) is 4.63. The molecule has 0 aliphatic carbocycles. The molecule has 0 aromatic heterocycles. The second kappa shape index (κ2) is 7.96. The first kappa shape index (κ1) is 17.2. The lowest BCUT2D eigenvalue weighted by atomic mass is 10.00. The van der Waals surface area contributed by atoms with E-state index < -0.39 is 0 Å². The van der Waals surface area contributed by atoms with Gasteiger partial charge in [0.2, 0.25) is 0 Å². The SMILES string of the molecule is O=C(N[C@@H]1CCOc2ccccc21)c1ccc(OCc2ccccc2)cc1. The number of amides is 1. The summed E-state index contributed by atoms with van der Waals surface area (Å²) in [7, 11) is 0. The molecule has 1 heterocycles. The monoisotopic (exact) mass is 359 g/mol. The van der Waals surface area contributed by atoms with Crippen molar-refractivity contribution >= 4 is 5.91 Å². The van der Waals surface area contributed by atoms with E-state index >= 15 is 0 Å². The Kier molecular flexibility index (Phi) is 5.06. The van der Waals surface area contributed by atoms with Gasteiger partial charge in [-0.1, -0.05) is 48.5 Å². The van der Waals surface area contributed by atoms with Gasteiger partial charge in [-0.15, -0.1) is 0 Å². The number of nitrogens with one attached hydrogen (secondary N) is 1. The summed E-state index contributed by atoms with van der Waals surface area (Å²) in [5, 5.41) is 3.11. The third kappa shape index (κ3) is 4.11. The first-order valence-corrected chi connectivity index (χ1v) is 9.09. The van der Waals surface area contributed by atoms with Crippen molar-refractivity contribution in [1.82, 2.24) is 5.32 Å². The molecule has 4 heteroatoms. The molecule has 1 amide bonds. The van der Waals surface area contributed by atoms with E-state index in [0.29, 0.717) is 18.8 Å². The maximum atomic E-state index is 12.6. The minimum atomic E-state index is -0.0914. The van der Waals surface area contributed by atoms with Crippen LogP contribution >= 0.6 is 0 Å². The number of carbonyl (C=O) groups is 1. The quantitative estimate of drug-likeness (QED) is 0.729. The van der Waals surface area contributed by atoms with Crippen LogP contribution in [0.3, 0.4) is 0 Å². The van der Waals surface area contributed by atoms with E-state index in [4.69, 9.17) is 9.47 Å². The lowest BCUT2D eigenvalue weighted by Gasteiger charge is -2.26. The van der Waals surface area contributed by atoms with Gasteiger partial charge in [0.15, 0.2) is 0 Å². The highest BCUT2D eigenvalue weighted by Crippen LogP contribution is 2.31. The fourth-order valence-corrected chi connectivity index (χ4v) is 3.18. The number of para-hydroxylation sites is 1. The van der Waals surface area contributed by atoms with Crippen molar-refractivity contribution in [3.63, 3.8) is 0 Å². The largest absolute Gasteiger partial charge is 0.493 e. The molecule has 0 radical (unpaired) electrons. The Morgan fingerprint density at radius 3 is 2.52 bits per heavy atom. The molecule has 1 aliphatic rings. The number of carbonyl (C=O) groups excluding carboxylic acids is 1. The van der Waals surface area contributed by atoms with Crippen LogP contribution < -0.4 is 14.8 Å². The molecule has 0 unspecified atom stereocenters. The lowest BCUT2D eigenvalue weighted by molar-refractivity contribution is 0.0924. The fraction of sp³-hybridized carbons (Fsp3) is 0.174. The van der Waals surface area contributed by atoms with E-state index in [1.165, 1.54) is 0 Å². The minimum absolute atomic E-state index is 0.0311. The van der Waals surface area contributed by atoms with E-state index in [1.807, 2.05) is 66.7 Å². The predicted octanol–water partition coefficient (Wildman–Crippen LogP) is 4.52. The van der Waals surface area contributed by atoms with Crippen LogP contribution in [0.2, 0.25) is 0 Å². The fourth-order valence-electron chi connectivity index (χ4n) is 3.18. The molecule has 136 valence electrons. The Morgan fingerprint density at radius 1 is 0.963 bits per heavy atom. The van der Waals surface area contributed by atoms with Crippen LogP contribution in [0.1, 0.15) is 33.9 Å². The van der Waals surface area contributed by atoms with Crippen molar-refractivity contribution in [2.24, 2.45) is 0 Å². The van der Waals surface area contributed by atoms with Gasteiger partial charge in [-0.05, 0) is 35.9 Å². The first-order chi connectivity index (χ1) is 13.3. The standard InChI is InChI=1S/C23H21NO3/c25-23(24-21-14-15-26-22-9-5-4-8-20(21)22)18-10-12-19(13-11-18)27-16-17-6-2-1-3-7-17/h1-13,21H,14-16H2,(H,24,25)/t21-/m1/s1. The molecular weight excluding hydrogens is 338 g/mol. The van der Waals surface area contributed by atoms with Crippen LogP contribution in [-0.2, 0) is 6.61 Å². The van der Waals surface area contributed by atoms with Crippen LogP contribution in [0.25, 0.3) is 0 Å². The van der Waals surface area contributed by atoms with E-state index in [1.54, 1.807) is 12.1 Å². The highest BCUT2D eigenvalue weighted by molar-refractivity contribution is 5.94. The van der Waals surface area contributed by atoms with E-state index in [9.17, 15) is 4.79 Å². The minimum Gasteiger partial charge on any atom is -0.493 e. The maximum absolute atomic E-state index is 12.6. The van der Waals surface area contributed by atoms with Gasteiger partial charge < -0.3 is 14.8 Å². The van der Waals surface area contributed by atoms with Crippen molar-refractivity contribution in [2.75, 3.05) is 6.61 Å². The number of rotatable bonds is 5. The van der Waals surface area contributed by atoms with Gasteiger partial charge in [-0.2, -0.15) is 0 Å². The van der Waals surface area contributed by atoms with Gasteiger partial charge in [0.25, 0.3) is 5.91 Å². The van der Waals surface area contributed by atoms with Crippen LogP contribution in [0.4, 0.5) is 0 Å². The average molecular weight is 359 g/mol. The molecule has 0 spiro atoms. The molecule has 27 heavy (non-hydrogen) atoms. The van der Waals surface area contributed by atoms with Crippen LogP contribution in [0.15, 0.2) is 78.9 Å². The Balaban J connectivity index is 1.38. The normalized spacial score (nSPS) is 15.3. The van der Waals surface area contributed by atoms with E-state index in [2.05, 4.69) is 5.32 Å². The molecule has 0 saturated carbocycles. The highest BCUT2D eigenvalue weighted by Gasteiger charge is 2.23. The number of hydrogen-bond donors (Lipinski definition) is 1. The van der Waals surface area contributed by atoms with Crippen molar-refractivity contribution in [3.05, 3.63) is 95.6 Å². The smallest absolute Gasteiger partial charge is 0.251 e. The van der Waals surface area contributed by atoms with Crippen molar-refractivity contribution in [1.29, 1.82) is 0 Å². The second-order valence-electron chi connectivity index (χ2n) is 6.50. The van der Waals surface area contributed by atoms with Crippen molar-refractivity contribution < 1.29 is 14.3 Å². The molecule has 1 N–H and O–H groups in total. The van der Waals surface area contributed by atoms with Crippen molar-refractivity contribution in [2.45, 2.75) is 19.1 Å². The zero-order valence-corrected chi connectivity index (χ0v) is 14.9. The summed E-state index contributed by atoms with van der Waals surface area (Å²) in [6.07, 6.45) is 0.765. The summed E-state index contributed by atoms with van der Waals surface area (Å²) in [6, 6.07) is 25.1. The molecule has 1 aliphatic heterocycles. The number of fused-ring (bicyclic) bond motifs is 1. The van der Waals surface area contributed by atoms with Crippen LogP contribution in [-0.4, -0.2) is 12.5 Å². The first-order valence-electron chi connectivity index (χ1n) is 9.09. The molecule has 4 nitrogen and oxygen atoms in total. The van der Waals surface area contributed by atoms with Gasteiger partial charge in [0.05, 0.1) is 12.6 Å². The Morgan fingerprint density at radius 2 is 1.70 bits per heavy atom. The third-order valence-corrected chi connectivity index (χ3v) is 4.63. The van der Waals surface area contributed by atoms with Crippen LogP contribution in [0, 0.1) is 0 Å². The van der Waals surface area contributed by atoms with Gasteiger partial charge in [-0.25, -0.2) is 0 Å². The predicted molar refractivity (Wildman–Crippen MR) is 104 cm³/mol. The average Bonchev–Trinajstić information content (AvgIpc) is 2.74. The van der Waals surface area contributed by atoms with Gasteiger partial charge in [0.1, 0.15) is 18.1 Å². The van der Waals surface area contributed by atoms with Crippen molar-refractivity contribution in [3.8, 4) is 11.5 Å². The molecule has 1 atom stereocenters. The zero-order valence-electron chi connectivity index (χ0n) is 14.9. The Labute approximate surface area is 158 Å². The Hall–Kier alpha value is -3.27. The van der Waals surface area contributed by atoms with Gasteiger partial charge in [-0.3, -0.25) is 4.79 Å². The summed E-state index contributed by atoms with van der Waals surface area (Å²) in [5.41, 5.74) is 2.75. The number of ether oxygens (including phenoxy) is 2. The summed E-state index contributed by atoms with van der Waals surface area (Å²) >= 11 is 0. The molecule has 0 bridgehead atoms. The molecular formula is C23H21NO3. The topological polar surface area (TPSA) is 47.6 Å². The van der Waals surface area contributed by atoms with Gasteiger partial charge in [0, 0.05) is 17.5 Å². The molecule has 0 fully saturated rings. The number of hydrogen-bond acceptors (Lipinski definition) is 3. The molecule has 3 aromatic carbocycles. The van der Waals surface area contributed by atoms with E-state index in [0.717, 1.165) is 29.0 Å². The maximum Gasteiger partial charge on any atom is 0.251 e. The summed E-state index contributed by atoms with van der Waals surface area (Å²) in [5.74, 6) is 1.50. The zero-order chi connectivity index (χ0) is 18.5. The lowest BCUT2D eigenvalue weighted by Crippen LogP contribution is -2.32. The summed E-state index contributed by atoms with van der Waals surface area (Å²) < 4.78 is 11.4.